The van der Waals surface area contributed by atoms with Crippen molar-refractivity contribution >= 4 is 17.5 Å². The predicted octanol–water partition coefficient (Wildman–Crippen LogP) is 4.91. The Morgan fingerprint density at radius 2 is 1.33 bits per heavy atom. The monoisotopic (exact) mass is 372 g/mol. The number of benzene rings is 1. The Balaban J connectivity index is 3.05. The van der Waals surface area contributed by atoms with Crippen LogP contribution in [0.1, 0.15) is 66.5 Å². The van der Waals surface area contributed by atoms with Gasteiger partial charge in [-0.05, 0) is 47.0 Å². The summed E-state index contributed by atoms with van der Waals surface area (Å²) in [6.45, 7) is 16.3. The average molecular weight is 373 g/mol. The van der Waals surface area contributed by atoms with Crippen LogP contribution in [0.25, 0.3) is 5.57 Å². The van der Waals surface area contributed by atoms with Crippen LogP contribution in [0.3, 0.4) is 0 Å². The third kappa shape index (κ3) is 3.30. The molecule has 27 heavy (non-hydrogen) atoms. The molecule has 0 unspecified atom stereocenters. The van der Waals surface area contributed by atoms with Crippen LogP contribution in [0, 0.1) is 10.8 Å². The molecule has 2 rings (SSSR count). The molecule has 148 valence electrons. The van der Waals surface area contributed by atoms with Crippen LogP contribution in [-0.2, 0) is 24.5 Å². The first-order chi connectivity index (χ1) is 12.4. The Morgan fingerprint density at radius 1 is 0.852 bits per heavy atom. The number of hydrogen-bond donors (Lipinski definition) is 0. The first-order valence-electron chi connectivity index (χ1n) is 9.64. The van der Waals surface area contributed by atoms with Gasteiger partial charge in [-0.3, -0.25) is 9.59 Å². The number of ether oxygens (including phenoxy) is 2. The summed E-state index contributed by atoms with van der Waals surface area (Å²) in [5.74, 6) is -1.11. The smallest absolute Gasteiger partial charge is 0.332 e. The molecule has 0 fully saturated rings. The minimum Gasteiger partial charge on any atom is -0.465 e. The zero-order chi connectivity index (χ0) is 20.6. The molecule has 1 aromatic carbocycles. The third-order valence-corrected chi connectivity index (χ3v) is 4.89. The summed E-state index contributed by atoms with van der Waals surface area (Å²) in [7, 11) is 0. The highest BCUT2D eigenvalue weighted by molar-refractivity contribution is 6.15. The van der Waals surface area contributed by atoms with Crippen molar-refractivity contribution in [2.45, 2.75) is 60.8 Å². The van der Waals surface area contributed by atoms with Crippen LogP contribution < -0.4 is 0 Å². The molecule has 0 heterocycles. The van der Waals surface area contributed by atoms with Crippen LogP contribution in [0.5, 0.6) is 0 Å². The highest BCUT2D eigenvalue weighted by atomic mass is 16.6. The maximum Gasteiger partial charge on any atom is 0.332 e. The molecule has 0 spiro atoms. The van der Waals surface area contributed by atoms with Crippen molar-refractivity contribution in [1.82, 2.24) is 0 Å². The number of rotatable bonds is 4. The van der Waals surface area contributed by atoms with Gasteiger partial charge in [-0.1, -0.05) is 65.8 Å². The molecule has 0 aromatic heterocycles. The van der Waals surface area contributed by atoms with Gasteiger partial charge in [0.2, 0.25) is 5.41 Å². The van der Waals surface area contributed by atoms with Crippen molar-refractivity contribution in [2.24, 2.45) is 10.8 Å². The van der Waals surface area contributed by atoms with Crippen molar-refractivity contribution in [1.29, 1.82) is 0 Å². The minimum atomic E-state index is -1.57. The highest BCUT2D eigenvalue weighted by Crippen LogP contribution is 2.58. The van der Waals surface area contributed by atoms with Gasteiger partial charge in [0.25, 0.3) is 0 Å². The summed E-state index contributed by atoms with van der Waals surface area (Å²) in [4.78, 5) is 26.8. The first kappa shape index (κ1) is 21.2. The molecule has 0 atom stereocenters. The van der Waals surface area contributed by atoms with Gasteiger partial charge in [-0.15, -0.1) is 0 Å². The summed E-state index contributed by atoms with van der Waals surface area (Å²) in [5, 5.41) is 0. The van der Waals surface area contributed by atoms with Gasteiger partial charge in [-0.2, -0.15) is 0 Å². The van der Waals surface area contributed by atoms with Gasteiger partial charge in [0.15, 0.2) is 0 Å². The zero-order valence-electron chi connectivity index (χ0n) is 17.9. The number of esters is 2. The van der Waals surface area contributed by atoms with Crippen LogP contribution >= 0.6 is 0 Å². The number of carbonyl (C=O) groups excluding carboxylic acids is 2. The van der Waals surface area contributed by atoms with Crippen LogP contribution in [-0.4, -0.2) is 25.2 Å². The van der Waals surface area contributed by atoms with Crippen molar-refractivity contribution in [3.63, 3.8) is 0 Å². The van der Waals surface area contributed by atoms with Gasteiger partial charge < -0.3 is 9.47 Å². The number of hydrogen-bond acceptors (Lipinski definition) is 4. The Labute approximate surface area is 162 Å². The first-order valence-corrected chi connectivity index (χ1v) is 9.64. The fourth-order valence-corrected chi connectivity index (χ4v) is 4.19. The molecule has 4 heteroatoms. The Kier molecular flexibility index (Phi) is 5.61. The number of fused-ring (bicyclic) bond motifs is 1. The Bertz CT molecular complexity index is 754. The standard InChI is InChI=1S/C23H32O4/c1-9-26-19(24)23(20(25)27-10-2)16-14-12-11-13-15(16)17(21(3,4)5)18(23)22(6,7)8/h11-14H,9-10H2,1-8H3. The van der Waals surface area contributed by atoms with E-state index in [2.05, 4.69) is 20.8 Å². The lowest BCUT2D eigenvalue weighted by Gasteiger charge is -2.37. The van der Waals surface area contributed by atoms with Crippen LogP contribution in [0.15, 0.2) is 29.8 Å². The summed E-state index contributed by atoms with van der Waals surface area (Å²) in [5.41, 5.74) is 1.12. The van der Waals surface area contributed by atoms with E-state index in [0.29, 0.717) is 5.56 Å². The van der Waals surface area contributed by atoms with Crippen LogP contribution in [0.4, 0.5) is 0 Å². The Morgan fingerprint density at radius 3 is 1.74 bits per heavy atom. The fourth-order valence-electron chi connectivity index (χ4n) is 4.19. The van der Waals surface area contributed by atoms with E-state index in [-0.39, 0.29) is 18.6 Å². The maximum absolute atomic E-state index is 13.4. The molecular formula is C23H32O4. The summed E-state index contributed by atoms with van der Waals surface area (Å²) >= 11 is 0. The SMILES string of the molecule is CCOC(=O)C1(C(=O)OCC)C(C(C)(C)C)=C(C(C)(C)C)c2ccccc21. The second kappa shape index (κ2) is 7.14. The molecule has 1 aliphatic rings. The third-order valence-electron chi connectivity index (χ3n) is 4.89. The van der Waals surface area contributed by atoms with E-state index in [1.165, 1.54) is 0 Å². The lowest BCUT2D eigenvalue weighted by atomic mass is 9.65. The topological polar surface area (TPSA) is 52.6 Å². The normalized spacial score (nSPS) is 16.1. The summed E-state index contributed by atoms with van der Waals surface area (Å²) in [6.07, 6.45) is 0. The average Bonchev–Trinajstić information content (AvgIpc) is 2.87. The van der Waals surface area contributed by atoms with Gasteiger partial charge in [0.05, 0.1) is 13.2 Å². The molecule has 0 aliphatic heterocycles. The molecule has 0 N–H and O–H groups in total. The van der Waals surface area contributed by atoms with E-state index in [9.17, 15) is 9.59 Å². The molecule has 1 aliphatic carbocycles. The summed E-state index contributed by atoms with van der Waals surface area (Å²) < 4.78 is 10.9. The van der Waals surface area contributed by atoms with Crippen molar-refractivity contribution in [3.8, 4) is 0 Å². The molecule has 0 radical (unpaired) electrons. The van der Waals surface area contributed by atoms with Gasteiger partial charge in [0.1, 0.15) is 0 Å². The van der Waals surface area contributed by atoms with E-state index >= 15 is 0 Å². The highest BCUT2D eigenvalue weighted by Gasteiger charge is 2.62. The van der Waals surface area contributed by atoms with Crippen molar-refractivity contribution in [2.75, 3.05) is 13.2 Å². The van der Waals surface area contributed by atoms with E-state index in [4.69, 9.17) is 9.47 Å². The number of allylic oxidation sites excluding steroid dienone is 1. The Hall–Kier alpha value is -2.10. The molecule has 0 bridgehead atoms. The molecule has 1 aromatic rings. The van der Waals surface area contributed by atoms with E-state index in [1.807, 2.05) is 45.0 Å². The summed E-state index contributed by atoms with van der Waals surface area (Å²) in [6, 6.07) is 7.64. The quantitative estimate of drug-likeness (QED) is 0.557. The second-order valence-electron chi connectivity index (χ2n) is 8.99. The van der Waals surface area contributed by atoms with Gasteiger partial charge in [0, 0.05) is 0 Å². The fraction of sp³-hybridized carbons (Fsp3) is 0.565. The van der Waals surface area contributed by atoms with Crippen LogP contribution in [0.2, 0.25) is 0 Å². The minimum absolute atomic E-state index is 0.199. The molecular weight excluding hydrogens is 340 g/mol. The largest absolute Gasteiger partial charge is 0.465 e. The van der Waals surface area contributed by atoms with Crippen molar-refractivity contribution < 1.29 is 19.1 Å². The van der Waals surface area contributed by atoms with E-state index in [0.717, 1.165) is 16.7 Å². The van der Waals surface area contributed by atoms with E-state index < -0.39 is 22.8 Å². The van der Waals surface area contributed by atoms with Gasteiger partial charge >= 0.3 is 11.9 Å². The van der Waals surface area contributed by atoms with Gasteiger partial charge in [-0.25, -0.2) is 0 Å². The number of carbonyl (C=O) groups is 2. The van der Waals surface area contributed by atoms with Crippen molar-refractivity contribution in [3.05, 3.63) is 41.0 Å². The lowest BCUT2D eigenvalue weighted by molar-refractivity contribution is -0.163. The van der Waals surface area contributed by atoms with E-state index in [1.54, 1.807) is 13.8 Å². The molecule has 4 nitrogen and oxygen atoms in total. The molecule has 0 saturated carbocycles. The second-order valence-corrected chi connectivity index (χ2v) is 8.99. The molecule has 0 saturated heterocycles. The molecule has 0 amide bonds. The maximum atomic E-state index is 13.4. The predicted molar refractivity (Wildman–Crippen MR) is 107 cm³/mol. The lowest BCUT2D eigenvalue weighted by Crippen LogP contribution is -2.49. The zero-order valence-corrected chi connectivity index (χ0v) is 17.9.